The van der Waals surface area contributed by atoms with Gasteiger partial charge in [0.15, 0.2) is 0 Å². The minimum atomic E-state index is -2.72. The molecule has 2 atom stereocenters. The number of carbonyl (C=O) groups is 2. The summed E-state index contributed by atoms with van der Waals surface area (Å²) in [5.41, 5.74) is 12.2. The fourth-order valence-electron chi connectivity index (χ4n) is 6.25. The first-order chi connectivity index (χ1) is 22.1. The molecule has 1 saturated heterocycles. The number of hydrogen-bond acceptors (Lipinski definition) is 4. The van der Waals surface area contributed by atoms with Gasteiger partial charge in [-0.3, -0.25) is 9.59 Å². The van der Waals surface area contributed by atoms with Gasteiger partial charge in [-0.1, -0.05) is 30.3 Å². The number of carbonyl (C=O) groups excluding carboxylic acids is 2. The lowest BCUT2D eigenvalue weighted by atomic mass is 9.95. The first-order valence-corrected chi connectivity index (χ1v) is 15.3. The molecule has 10 heteroatoms. The van der Waals surface area contributed by atoms with Gasteiger partial charge in [0.2, 0.25) is 5.91 Å². The Morgan fingerprint density at radius 2 is 1.65 bits per heavy atom. The maximum atomic E-state index is 13.8. The van der Waals surface area contributed by atoms with Gasteiger partial charge >= 0.3 is 0 Å². The summed E-state index contributed by atoms with van der Waals surface area (Å²) in [6.07, 6.45) is 1.84. The van der Waals surface area contributed by atoms with Crippen LogP contribution < -0.4 is 11.1 Å². The number of nitrogens with zero attached hydrogens (tertiary/aromatic N) is 2. The number of nitrogens with two attached hydrogens (primary N) is 1. The van der Waals surface area contributed by atoms with E-state index in [0.717, 1.165) is 50.8 Å². The largest absolute Gasteiger partial charge is 0.384 e. The van der Waals surface area contributed by atoms with Gasteiger partial charge in [0, 0.05) is 60.3 Å². The monoisotopic (exact) mass is 623 g/mol. The van der Waals surface area contributed by atoms with Crippen molar-refractivity contribution in [3.05, 3.63) is 108 Å². The van der Waals surface area contributed by atoms with Crippen molar-refractivity contribution in [3.63, 3.8) is 0 Å². The molecule has 7 rings (SSSR count). The number of nitrogen functional groups attached to an aromatic ring is 1. The molecule has 0 bridgehead atoms. The number of aromatic amines is 1. The number of H-pyrrole nitrogens is 1. The van der Waals surface area contributed by atoms with Crippen LogP contribution in [0.1, 0.15) is 46.8 Å². The van der Waals surface area contributed by atoms with Gasteiger partial charge in [0.05, 0.1) is 12.1 Å². The Hall–Kier alpha value is -5.12. The lowest BCUT2D eigenvalue weighted by Gasteiger charge is -2.31. The highest BCUT2D eigenvalue weighted by atomic mass is 19.3. The maximum absolute atomic E-state index is 13.8. The van der Waals surface area contributed by atoms with E-state index in [4.69, 9.17) is 5.73 Å². The van der Waals surface area contributed by atoms with E-state index in [1.807, 2.05) is 36.4 Å². The van der Waals surface area contributed by atoms with Crippen molar-refractivity contribution < 1.29 is 22.8 Å². The van der Waals surface area contributed by atoms with E-state index in [-0.39, 0.29) is 55.4 Å². The number of hydrogen-bond donors (Lipinski definition) is 3. The quantitative estimate of drug-likeness (QED) is 0.183. The Bertz CT molecular complexity index is 1910. The lowest BCUT2D eigenvalue weighted by molar-refractivity contribution is -0.122. The van der Waals surface area contributed by atoms with Gasteiger partial charge in [-0.05, 0) is 83.1 Å². The predicted octanol–water partition coefficient (Wildman–Crippen LogP) is 6.91. The molecule has 4 N–H and O–H groups in total. The number of amides is 2. The van der Waals surface area contributed by atoms with Crippen molar-refractivity contribution in [2.45, 2.75) is 37.6 Å². The summed E-state index contributed by atoms with van der Waals surface area (Å²) in [6, 6.07) is 23.1. The minimum absolute atomic E-state index is 0.0205. The average molecular weight is 624 g/mol. The van der Waals surface area contributed by atoms with Crippen LogP contribution in [0.15, 0.2) is 85.1 Å². The van der Waals surface area contributed by atoms with Crippen LogP contribution in [0.5, 0.6) is 0 Å². The smallest absolute Gasteiger partial charge is 0.253 e. The van der Waals surface area contributed by atoms with Gasteiger partial charge < -0.3 is 20.9 Å². The van der Waals surface area contributed by atoms with Crippen LogP contribution in [-0.4, -0.2) is 45.7 Å². The molecule has 1 aliphatic heterocycles. The number of nitrogens with one attached hydrogen (secondary N) is 2. The van der Waals surface area contributed by atoms with Crippen LogP contribution in [0, 0.1) is 11.7 Å². The normalized spacial score (nSPS) is 18.8. The van der Waals surface area contributed by atoms with Crippen molar-refractivity contribution in [2.24, 2.45) is 5.92 Å². The molecule has 5 aromatic rings. The Balaban J connectivity index is 1.12. The van der Waals surface area contributed by atoms with Gasteiger partial charge in [0.1, 0.15) is 11.6 Å². The van der Waals surface area contributed by atoms with Crippen molar-refractivity contribution in [1.82, 2.24) is 20.2 Å². The molecular weight excluding hydrogens is 591 g/mol. The highest BCUT2D eigenvalue weighted by Gasteiger charge is 2.44. The van der Waals surface area contributed by atoms with Gasteiger partial charge in [-0.2, -0.15) is 0 Å². The number of benzene rings is 3. The Kier molecular flexibility index (Phi) is 7.50. The SMILES string of the molecule is Nc1ccc(C2CC2C(=O)NCc2cc3cc(-c4ccc(C(=O)N5CCC(F)(F)CC5)cc4)cc(-c4ccc(F)cc4)c3[nH]2)cn1. The van der Waals surface area contributed by atoms with Crippen molar-refractivity contribution in [1.29, 1.82) is 0 Å². The zero-order chi connectivity index (χ0) is 32.0. The zero-order valence-electron chi connectivity index (χ0n) is 24.9. The molecule has 2 aliphatic rings. The molecule has 2 unspecified atom stereocenters. The molecule has 3 heterocycles. The third-order valence-corrected chi connectivity index (χ3v) is 9.00. The Morgan fingerprint density at radius 3 is 2.35 bits per heavy atom. The number of aromatic nitrogens is 2. The fraction of sp³-hybridized carbons (Fsp3) is 0.250. The summed E-state index contributed by atoms with van der Waals surface area (Å²) in [5.74, 6) is -2.86. The number of pyridine rings is 1. The van der Waals surface area contributed by atoms with E-state index in [2.05, 4.69) is 15.3 Å². The van der Waals surface area contributed by atoms with Crippen LogP contribution >= 0.6 is 0 Å². The first-order valence-electron chi connectivity index (χ1n) is 15.3. The van der Waals surface area contributed by atoms with Gasteiger partial charge in [0.25, 0.3) is 11.8 Å². The Morgan fingerprint density at radius 1 is 0.935 bits per heavy atom. The van der Waals surface area contributed by atoms with E-state index in [1.54, 1.807) is 36.5 Å². The summed E-state index contributed by atoms with van der Waals surface area (Å²) < 4.78 is 41.0. The van der Waals surface area contributed by atoms with Crippen LogP contribution in [-0.2, 0) is 11.3 Å². The van der Waals surface area contributed by atoms with E-state index < -0.39 is 5.92 Å². The second kappa shape index (κ2) is 11.7. The molecule has 7 nitrogen and oxygen atoms in total. The molecule has 0 spiro atoms. The standard InChI is InChI=1S/C36H32F3N5O2/c37-27-8-5-22(6-9-27)30-17-25(21-1-3-23(4-2-21)35(46)44-13-11-36(38,39)12-14-44)15-26-16-28(43-33(26)30)20-42-34(45)31-18-29(31)24-7-10-32(40)41-19-24/h1-10,15-17,19,29,31,43H,11-14,18,20H2,(H2,40,41)(H,42,45). The van der Waals surface area contributed by atoms with Crippen molar-refractivity contribution in [3.8, 4) is 22.3 Å². The summed E-state index contributed by atoms with van der Waals surface area (Å²) in [7, 11) is 0. The number of alkyl halides is 2. The number of piperidine rings is 1. The minimum Gasteiger partial charge on any atom is -0.384 e. The Labute approximate surface area is 263 Å². The van der Waals surface area contributed by atoms with Crippen molar-refractivity contribution in [2.75, 3.05) is 18.8 Å². The number of anilines is 1. The molecule has 46 heavy (non-hydrogen) atoms. The fourth-order valence-corrected chi connectivity index (χ4v) is 6.25. The number of likely N-dealkylation sites (tertiary alicyclic amines) is 1. The van der Waals surface area contributed by atoms with Crippen LogP contribution in [0.3, 0.4) is 0 Å². The summed E-state index contributed by atoms with van der Waals surface area (Å²) in [5, 5.41) is 3.96. The van der Waals surface area contributed by atoms with Crippen LogP contribution in [0.2, 0.25) is 0 Å². The van der Waals surface area contributed by atoms with Crippen molar-refractivity contribution >= 4 is 28.5 Å². The first kappa shape index (κ1) is 29.6. The second-order valence-electron chi connectivity index (χ2n) is 12.2. The average Bonchev–Trinajstić information content (AvgIpc) is 3.75. The molecule has 3 aromatic carbocycles. The van der Waals surface area contributed by atoms with Gasteiger partial charge in [-0.15, -0.1) is 0 Å². The third-order valence-electron chi connectivity index (χ3n) is 9.00. The second-order valence-corrected chi connectivity index (χ2v) is 12.2. The molecule has 2 aromatic heterocycles. The van der Waals surface area contributed by atoms with Crippen LogP contribution in [0.4, 0.5) is 19.0 Å². The maximum Gasteiger partial charge on any atom is 0.253 e. The summed E-state index contributed by atoms with van der Waals surface area (Å²) in [4.78, 5) is 35.0. The molecule has 234 valence electrons. The molecular formula is C36H32F3N5O2. The molecule has 2 fully saturated rings. The zero-order valence-corrected chi connectivity index (χ0v) is 24.9. The summed E-state index contributed by atoms with van der Waals surface area (Å²) >= 11 is 0. The van der Waals surface area contributed by atoms with E-state index in [0.29, 0.717) is 17.9 Å². The molecule has 1 aliphatic carbocycles. The number of halogens is 3. The highest BCUT2D eigenvalue weighted by Crippen LogP contribution is 2.47. The summed E-state index contributed by atoms with van der Waals surface area (Å²) in [6.45, 7) is 0.375. The van der Waals surface area contributed by atoms with E-state index in [9.17, 15) is 22.8 Å². The third kappa shape index (κ3) is 6.07. The lowest BCUT2D eigenvalue weighted by Crippen LogP contribution is -2.42. The molecule has 0 radical (unpaired) electrons. The topological polar surface area (TPSA) is 104 Å². The van der Waals surface area contributed by atoms with Gasteiger partial charge in [-0.25, -0.2) is 18.2 Å². The number of rotatable bonds is 7. The van der Waals surface area contributed by atoms with Crippen LogP contribution in [0.25, 0.3) is 33.2 Å². The molecule has 2 amide bonds. The molecule has 1 saturated carbocycles. The number of fused-ring (bicyclic) bond motifs is 1. The highest BCUT2D eigenvalue weighted by molar-refractivity contribution is 5.99. The van der Waals surface area contributed by atoms with E-state index in [1.165, 1.54) is 17.0 Å². The predicted molar refractivity (Wildman–Crippen MR) is 171 cm³/mol. The van der Waals surface area contributed by atoms with E-state index >= 15 is 0 Å².